The molecule has 0 radical (unpaired) electrons. The highest BCUT2D eigenvalue weighted by molar-refractivity contribution is 5.91. The fourth-order valence-electron chi connectivity index (χ4n) is 4.48. The molecule has 3 aromatic heterocycles. The number of aromatic nitrogens is 4. The summed E-state index contributed by atoms with van der Waals surface area (Å²) in [5.74, 6) is 1.83. The molecular formula is C25H22N6. The van der Waals surface area contributed by atoms with Crippen LogP contribution in [0.25, 0.3) is 38.9 Å². The predicted octanol–water partition coefficient (Wildman–Crippen LogP) is 4.40. The number of hydrogen-bond acceptors (Lipinski definition) is 5. The molecule has 3 heterocycles. The van der Waals surface area contributed by atoms with Gasteiger partial charge in [-0.3, -0.25) is 4.40 Å². The van der Waals surface area contributed by atoms with Crippen LogP contribution in [-0.2, 0) is 0 Å². The van der Waals surface area contributed by atoms with Gasteiger partial charge in [0.25, 0.3) is 0 Å². The second-order valence-electron chi connectivity index (χ2n) is 8.25. The second kappa shape index (κ2) is 6.89. The Morgan fingerprint density at radius 2 is 1.71 bits per heavy atom. The zero-order valence-corrected chi connectivity index (χ0v) is 16.9. The number of imidazole rings is 1. The molecule has 5 aromatic rings. The molecule has 1 aliphatic carbocycles. The number of rotatable bonds is 3. The molecule has 4 N–H and O–H groups in total. The lowest BCUT2D eigenvalue weighted by molar-refractivity contribution is 0.337. The summed E-state index contributed by atoms with van der Waals surface area (Å²) in [5, 5.41) is 1.09. The molecule has 0 aliphatic heterocycles. The molecule has 0 unspecified atom stereocenters. The molecule has 1 saturated carbocycles. The van der Waals surface area contributed by atoms with E-state index in [9.17, 15) is 0 Å². The van der Waals surface area contributed by atoms with Crippen molar-refractivity contribution in [2.45, 2.75) is 24.8 Å². The average Bonchev–Trinajstić information content (AvgIpc) is 3.17. The van der Waals surface area contributed by atoms with E-state index in [1.54, 1.807) is 6.20 Å². The highest BCUT2D eigenvalue weighted by atomic mass is 15.1. The SMILES string of the molecule is Nc1nccn2c1c(-c1ccc3ccc(-c4ccccc4)nc3c1)nc2[C@H]1C[C@@H](N)C1. The van der Waals surface area contributed by atoms with Crippen LogP contribution < -0.4 is 11.5 Å². The monoisotopic (exact) mass is 406 g/mol. The van der Waals surface area contributed by atoms with E-state index >= 15 is 0 Å². The fraction of sp³-hybridized carbons (Fsp3) is 0.160. The van der Waals surface area contributed by atoms with E-state index in [1.165, 1.54) is 0 Å². The summed E-state index contributed by atoms with van der Waals surface area (Å²) in [6.07, 6.45) is 5.55. The van der Waals surface area contributed by atoms with Gasteiger partial charge in [0.1, 0.15) is 22.9 Å². The van der Waals surface area contributed by atoms with Crippen LogP contribution in [0.1, 0.15) is 24.6 Å². The number of benzene rings is 2. The van der Waals surface area contributed by atoms with Gasteiger partial charge in [-0.2, -0.15) is 0 Å². The minimum atomic E-state index is 0.251. The Bertz CT molecular complexity index is 1420. The normalized spacial score (nSPS) is 18.4. The van der Waals surface area contributed by atoms with Crippen molar-refractivity contribution >= 4 is 22.2 Å². The molecule has 0 saturated heterocycles. The Morgan fingerprint density at radius 3 is 2.52 bits per heavy atom. The van der Waals surface area contributed by atoms with Crippen LogP contribution in [0.3, 0.4) is 0 Å². The van der Waals surface area contributed by atoms with Gasteiger partial charge in [0, 0.05) is 40.9 Å². The average molecular weight is 406 g/mol. The zero-order valence-electron chi connectivity index (χ0n) is 16.9. The van der Waals surface area contributed by atoms with Crippen molar-refractivity contribution in [2.75, 3.05) is 5.73 Å². The second-order valence-corrected chi connectivity index (χ2v) is 8.25. The van der Waals surface area contributed by atoms with Crippen LogP contribution in [0.5, 0.6) is 0 Å². The van der Waals surface area contributed by atoms with Crippen molar-refractivity contribution in [1.29, 1.82) is 0 Å². The molecule has 1 aliphatic rings. The molecule has 0 bridgehead atoms. The van der Waals surface area contributed by atoms with Crippen LogP contribution in [0.15, 0.2) is 73.1 Å². The number of hydrogen-bond donors (Lipinski definition) is 2. The predicted molar refractivity (Wildman–Crippen MR) is 124 cm³/mol. The number of pyridine rings is 1. The van der Waals surface area contributed by atoms with Crippen molar-refractivity contribution in [3.63, 3.8) is 0 Å². The van der Waals surface area contributed by atoms with Gasteiger partial charge < -0.3 is 11.5 Å². The number of anilines is 1. The standard InChI is InChI=1S/C25H22N6/c26-19-12-18(13-19)25-30-22(23-24(27)28-10-11-31(23)25)17-7-6-16-8-9-20(29-21(16)14-17)15-4-2-1-3-5-15/h1-11,14,18-19H,12-13,26H2,(H2,27,28)/t18-,19+. The maximum absolute atomic E-state index is 6.30. The molecular weight excluding hydrogens is 384 g/mol. The highest BCUT2D eigenvalue weighted by Gasteiger charge is 2.32. The molecule has 0 amide bonds. The molecule has 1 fully saturated rings. The van der Waals surface area contributed by atoms with Crippen molar-refractivity contribution in [1.82, 2.24) is 19.4 Å². The van der Waals surface area contributed by atoms with Crippen molar-refractivity contribution in [2.24, 2.45) is 5.73 Å². The Hall–Kier alpha value is -3.77. The molecule has 6 heteroatoms. The molecule has 6 rings (SSSR count). The van der Waals surface area contributed by atoms with Crippen molar-refractivity contribution in [3.05, 3.63) is 78.9 Å². The van der Waals surface area contributed by atoms with E-state index in [0.29, 0.717) is 11.7 Å². The molecule has 2 aromatic carbocycles. The number of nitrogens with zero attached hydrogens (tertiary/aromatic N) is 4. The van der Waals surface area contributed by atoms with Gasteiger partial charge >= 0.3 is 0 Å². The topological polar surface area (TPSA) is 95.1 Å². The molecule has 6 nitrogen and oxygen atoms in total. The Labute approximate surface area is 179 Å². The van der Waals surface area contributed by atoms with Gasteiger partial charge in [-0.25, -0.2) is 15.0 Å². The number of nitrogens with two attached hydrogens (primary N) is 2. The summed E-state index contributed by atoms with van der Waals surface area (Å²) in [4.78, 5) is 14.3. The smallest absolute Gasteiger partial charge is 0.150 e. The van der Waals surface area contributed by atoms with E-state index in [1.807, 2.05) is 24.4 Å². The Kier molecular flexibility index (Phi) is 4.01. The highest BCUT2D eigenvalue weighted by Crippen LogP contribution is 2.39. The minimum absolute atomic E-state index is 0.251. The van der Waals surface area contributed by atoms with Gasteiger partial charge in [0.2, 0.25) is 0 Å². The molecule has 0 atom stereocenters. The zero-order chi connectivity index (χ0) is 20.9. The van der Waals surface area contributed by atoms with Gasteiger partial charge in [0.05, 0.1) is 11.2 Å². The van der Waals surface area contributed by atoms with E-state index < -0.39 is 0 Å². The first-order valence-corrected chi connectivity index (χ1v) is 10.5. The maximum Gasteiger partial charge on any atom is 0.150 e. The maximum atomic E-state index is 6.30. The quantitative estimate of drug-likeness (QED) is 0.463. The summed E-state index contributed by atoms with van der Waals surface area (Å²) in [6, 6.07) is 20.9. The van der Waals surface area contributed by atoms with Crippen LogP contribution in [-0.4, -0.2) is 25.4 Å². The van der Waals surface area contributed by atoms with E-state index in [4.69, 9.17) is 21.4 Å². The number of nitrogen functional groups attached to an aromatic ring is 1. The summed E-state index contributed by atoms with van der Waals surface area (Å²) < 4.78 is 2.08. The summed E-state index contributed by atoms with van der Waals surface area (Å²) in [5.41, 5.74) is 18.0. The van der Waals surface area contributed by atoms with Gasteiger partial charge in [-0.15, -0.1) is 0 Å². The molecule has 152 valence electrons. The van der Waals surface area contributed by atoms with Crippen LogP contribution in [0.2, 0.25) is 0 Å². The Balaban J connectivity index is 1.51. The van der Waals surface area contributed by atoms with Crippen LogP contribution >= 0.6 is 0 Å². The number of fused-ring (bicyclic) bond motifs is 2. The lowest BCUT2D eigenvalue weighted by Gasteiger charge is -2.31. The van der Waals surface area contributed by atoms with Gasteiger partial charge in [0.15, 0.2) is 0 Å². The third-order valence-electron chi connectivity index (χ3n) is 6.19. The van der Waals surface area contributed by atoms with E-state index in [-0.39, 0.29) is 6.04 Å². The third kappa shape index (κ3) is 2.95. The van der Waals surface area contributed by atoms with Gasteiger partial charge in [-0.05, 0) is 25.0 Å². The first-order valence-electron chi connectivity index (χ1n) is 10.5. The summed E-state index contributed by atoms with van der Waals surface area (Å²) >= 11 is 0. The van der Waals surface area contributed by atoms with Crippen molar-refractivity contribution in [3.8, 4) is 22.5 Å². The summed E-state index contributed by atoms with van der Waals surface area (Å²) in [6.45, 7) is 0. The third-order valence-corrected chi connectivity index (χ3v) is 6.19. The summed E-state index contributed by atoms with van der Waals surface area (Å²) in [7, 11) is 0. The minimum Gasteiger partial charge on any atom is -0.382 e. The van der Waals surface area contributed by atoms with Crippen LogP contribution in [0.4, 0.5) is 5.82 Å². The Morgan fingerprint density at radius 1 is 0.903 bits per heavy atom. The molecule has 0 spiro atoms. The first kappa shape index (κ1) is 18.0. The lowest BCUT2D eigenvalue weighted by Crippen LogP contribution is -2.35. The van der Waals surface area contributed by atoms with E-state index in [0.717, 1.165) is 57.6 Å². The van der Waals surface area contributed by atoms with Crippen LogP contribution in [0, 0.1) is 0 Å². The van der Waals surface area contributed by atoms with Gasteiger partial charge in [-0.1, -0.05) is 48.5 Å². The lowest BCUT2D eigenvalue weighted by atomic mass is 9.80. The van der Waals surface area contributed by atoms with Crippen molar-refractivity contribution < 1.29 is 0 Å². The molecule has 31 heavy (non-hydrogen) atoms. The van der Waals surface area contributed by atoms with E-state index in [2.05, 4.69) is 51.8 Å². The largest absolute Gasteiger partial charge is 0.382 e. The fourth-order valence-corrected chi connectivity index (χ4v) is 4.48. The first-order chi connectivity index (χ1) is 15.2.